The second-order valence-corrected chi connectivity index (χ2v) is 16.0. The molecule has 2 aromatic carbocycles. The molecule has 2 bridgehead atoms. The Labute approximate surface area is 292 Å². The first-order chi connectivity index (χ1) is 24.6. The zero-order valence-electron chi connectivity index (χ0n) is 28.1. The molecule has 51 heavy (non-hydrogen) atoms. The minimum Gasteiger partial charge on any atom is -0.508 e. The molecule has 5 fully saturated rings. The van der Waals surface area contributed by atoms with Gasteiger partial charge in [-0.15, -0.1) is 6.42 Å². The summed E-state index contributed by atoms with van der Waals surface area (Å²) in [6, 6.07) is 6.34. The number of piperazine rings is 1. The number of alkyl halides is 2. The predicted octanol–water partition coefficient (Wildman–Crippen LogP) is 6.35. The number of benzene rings is 2. The quantitative estimate of drug-likeness (QED) is 0.178. The Balaban J connectivity index is 1.05. The maximum atomic E-state index is 17.2. The lowest BCUT2D eigenvalue weighted by Gasteiger charge is -2.41. The number of phenolic OH excluding ortho intramolecular Hbond substituents is 1. The molecule has 0 unspecified atom stereocenters. The Hall–Kier alpha value is -4.21. The lowest BCUT2D eigenvalue weighted by molar-refractivity contribution is 0.0252. The second kappa shape index (κ2) is 10.9. The number of hydrogen-bond donors (Lipinski definition) is 2. The van der Waals surface area contributed by atoms with E-state index in [2.05, 4.69) is 21.0 Å². The van der Waals surface area contributed by atoms with Crippen molar-refractivity contribution in [1.82, 2.24) is 25.2 Å². The monoisotopic (exact) mass is 698 g/mol. The number of aryl methyl sites for hydroxylation is 1. The van der Waals surface area contributed by atoms with Crippen molar-refractivity contribution in [2.75, 3.05) is 37.7 Å². The molecule has 4 aliphatic heterocycles. The van der Waals surface area contributed by atoms with Crippen LogP contribution in [-0.4, -0.2) is 81.8 Å². The maximum Gasteiger partial charge on any atom is 0.319 e. The molecule has 3 saturated heterocycles. The maximum absolute atomic E-state index is 17.2. The molecule has 2 aromatic heterocycles. The molecule has 2 N–H and O–H groups in total. The zero-order valence-corrected chi connectivity index (χ0v) is 28.1. The summed E-state index contributed by atoms with van der Waals surface area (Å²) in [4.78, 5) is 19.2. The Morgan fingerprint density at radius 3 is 2.57 bits per heavy atom. The number of aromatic nitrogens is 3. The van der Waals surface area contributed by atoms with Crippen molar-refractivity contribution in [2.45, 2.75) is 81.8 Å². The van der Waals surface area contributed by atoms with Crippen molar-refractivity contribution < 1.29 is 27.4 Å². The van der Waals surface area contributed by atoms with Gasteiger partial charge < -0.3 is 25.0 Å². The Bertz CT molecular complexity index is 2180. The molecular weight excluding hydrogens is 660 g/mol. The molecule has 10 rings (SSSR count). The number of piperidine rings is 1. The highest BCUT2D eigenvalue weighted by atomic mass is 19.3. The van der Waals surface area contributed by atoms with Gasteiger partial charge in [0, 0.05) is 59.4 Å². The summed E-state index contributed by atoms with van der Waals surface area (Å²) in [5.41, 5.74) is -0.163. The van der Waals surface area contributed by atoms with E-state index in [4.69, 9.17) is 26.1 Å². The first-order valence-corrected chi connectivity index (χ1v) is 18.1. The highest BCUT2D eigenvalue weighted by Crippen LogP contribution is 2.66. The number of anilines is 1. The van der Waals surface area contributed by atoms with Crippen LogP contribution in [0.25, 0.3) is 32.9 Å². The number of terminal acetylenes is 1. The average molecular weight is 699 g/mol. The van der Waals surface area contributed by atoms with E-state index < -0.39 is 23.0 Å². The molecule has 8 nitrogen and oxygen atoms in total. The van der Waals surface area contributed by atoms with Crippen LogP contribution in [0.3, 0.4) is 0 Å². The van der Waals surface area contributed by atoms with Gasteiger partial charge in [0.1, 0.15) is 28.6 Å². The zero-order chi connectivity index (χ0) is 34.9. The van der Waals surface area contributed by atoms with Gasteiger partial charge in [-0.25, -0.2) is 22.5 Å². The van der Waals surface area contributed by atoms with Crippen LogP contribution in [0.5, 0.6) is 11.8 Å². The molecule has 3 atom stereocenters. The molecule has 12 heteroatoms. The number of phenols is 1. The third kappa shape index (κ3) is 4.91. The van der Waals surface area contributed by atoms with Crippen molar-refractivity contribution in [3.8, 4) is 35.4 Å². The van der Waals surface area contributed by atoms with Crippen molar-refractivity contribution in [3.05, 3.63) is 47.2 Å². The summed E-state index contributed by atoms with van der Waals surface area (Å²) in [5.74, 6) is -0.976. The van der Waals surface area contributed by atoms with Gasteiger partial charge in [0.25, 0.3) is 5.92 Å². The summed E-state index contributed by atoms with van der Waals surface area (Å²) < 4.78 is 66.6. The normalized spacial score (nSPS) is 26.6. The van der Waals surface area contributed by atoms with E-state index in [0.29, 0.717) is 67.3 Å². The van der Waals surface area contributed by atoms with Crippen molar-refractivity contribution >= 4 is 27.5 Å². The van der Waals surface area contributed by atoms with E-state index in [1.165, 1.54) is 24.3 Å². The number of fused-ring (bicyclic) bond motifs is 6. The standard InChI is InChI=1S/C39H38F4N6O2/c1-2-24-26(40)5-3-21-15-23(50)16-25(30(21)24)33-32(41)34-31-28(45-33)7-8-29-27-6-4-22(44-27)17-49(29)35(31)47-36(46-34)51-20-37(9-10-37)19-48-13-11-38(12-14-48)18-39(38,42)43/h1,3,5,15-16,22,27,29,44,50H,4,6-14,17-20H2/t22-,27+,29-/m1/s1. The van der Waals surface area contributed by atoms with Crippen LogP contribution in [-0.2, 0) is 6.42 Å². The highest BCUT2D eigenvalue weighted by molar-refractivity contribution is 6.03. The van der Waals surface area contributed by atoms with E-state index >= 15 is 8.78 Å². The fraction of sp³-hybridized carbons (Fsp3) is 0.513. The topological polar surface area (TPSA) is 86.6 Å². The van der Waals surface area contributed by atoms with Crippen molar-refractivity contribution in [1.29, 1.82) is 0 Å². The minimum atomic E-state index is -2.52. The van der Waals surface area contributed by atoms with Crippen molar-refractivity contribution in [2.24, 2.45) is 10.8 Å². The number of likely N-dealkylation sites (tertiary alicyclic amines) is 1. The number of rotatable bonds is 6. The SMILES string of the molecule is C#Cc1c(F)ccc2cc(O)cc(-c3nc4c5c(nc(OCC6(CN7CCC8(CC7)CC8(F)F)CC6)nc5c3F)N3C[C@H]5CC[C@H](N5)[C@H]3CC4)c12. The molecule has 6 heterocycles. The van der Waals surface area contributed by atoms with Gasteiger partial charge in [0.05, 0.1) is 23.3 Å². The lowest BCUT2D eigenvalue weighted by Crippen LogP contribution is -2.58. The van der Waals surface area contributed by atoms with E-state index in [0.717, 1.165) is 45.2 Å². The highest BCUT2D eigenvalue weighted by Gasteiger charge is 2.70. The van der Waals surface area contributed by atoms with Crippen LogP contribution >= 0.6 is 0 Å². The molecule has 4 aromatic rings. The summed E-state index contributed by atoms with van der Waals surface area (Å²) in [6.07, 6.45) is 12.1. The molecule has 2 saturated carbocycles. The van der Waals surface area contributed by atoms with E-state index in [1.807, 2.05) is 0 Å². The average Bonchev–Trinajstić information content (AvgIpc) is 3.96. The van der Waals surface area contributed by atoms with Crippen LogP contribution < -0.4 is 15.0 Å². The fourth-order valence-electron chi connectivity index (χ4n) is 9.64. The minimum absolute atomic E-state index is 0.0122. The number of ether oxygens (including phenoxy) is 1. The number of pyridine rings is 1. The van der Waals surface area contributed by atoms with Crippen LogP contribution in [0.2, 0.25) is 0 Å². The van der Waals surface area contributed by atoms with E-state index in [-0.39, 0.29) is 63.4 Å². The Morgan fingerprint density at radius 2 is 1.82 bits per heavy atom. The number of aromatic hydroxyl groups is 1. The molecule has 2 aliphatic carbocycles. The number of halogens is 4. The summed E-state index contributed by atoms with van der Waals surface area (Å²) in [6.45, 7) is 3.11. The largest absolute Gasteiger partial charge is 0.508 e. The molecule has 0 amide bonds. The molecule has 1 spiro atoms. The van der Waals surface area contributed by atoms with Crippen LogP contribution in [0.4, 0.5) is 23.4 Å². The van der Waals surface area contributed by atoms with Crippen LogP contribution in [0.1, 0.15) is 62.6 Å². The third-order valence-electron chi connectivity index (χ3n) is 12.8. The van der Waals surface area contributed by atoms with Gasteiger partial charge in [-0.1, -0.05) is 12.0 Å². The fourth-order valence-corrected chi connectivity index (χ4v) is 9.64. The first kappa shape index (κ1) is 31.5. The lowest BCUT2D eigenvalue weighted by atomic mass is 9.92. The van der Waals surface area contributed by atoms with Gasteiger partial charge >= 0.3 is 6.01 Å². The van der Waals surface area contributed by atoms with Gasteiger partial charge in [0.2, 0.25) is 0 Å². The molecule has 264 valence electrons. The Kier molecular flexibility index (Phi) is 6.74. The third-order valence-corrected chi connectivity index (χ3v) is 12.8. The smallest absolute Gasteiger partial charge is 0.319 e. The Morgan fingerprint density at radius 1 is 1.02 bits per heavy atom. The first-order valence-electron chi connectivity index (χ1n) is 18.1. The van der Waals surface area contributed by atoms with Crippen LogP contribution in [0.15, 0.2) is 24.3 Å². The summed E-state index contributed by atoms with van der Waals surface area (Å²) >= 11 is 0. The molecule has 6 aliphatic rings. The van der Waals surface area contributed by atoms with Gasteiger partial charge in [0.15, 0.2) is 5.82 Å². The van der Waals surface area contributed by atoms with Gasteiger partial charge in [-0.2, -0.15) is 9.97 Å². The summed E-state index contributed by atoms with van der Waals surface area (Å²) in [5, 5.41) is 15.8. The number of hydrogen-bond acceptors (Lipinski definition) is 8. The van der Waals surface area contributed by atoms with E-state index in [1.54, 1.807) is 0 Å². The molecular formula is C39H38F4N6O2. The van der Waals surface area contributed by atoms with E-state index in [9.17, 15) is 13.9 Å². The van der Waals surface area contributed by atoms with Crippen molar-refractivity contribution in [3.63, 3.8) is 0 Å². The number of nitrogens with one attached hydrogen (secondary N) is 1. The second-order valence-electron chi connectivity index (χ2n) is 16.0. The van der Waals surface area contributed by atoms with Crippen LogP contribution in [0, 0.1) is 34.8 Å². The van der Waals surface area contributed by atoms with Gasteiger partial charge in [-0.05, 0) is 88.0 Å². The summed E-state index contributed by atoms with van der Waals surface area (Å²) in [7, 11) is 0. The number of nitrogens with zero attached hydrogens (tertiary/aromatic N) is 5. The predicted molar refractivity (Wildman–Crippen MR) is 184 cm³/mol. The van der Waals surface area contributed by atoms with Gasteiger partial charge in [-0.3, -0.25) is 0 Å². The molecule has 0 radical (unpaired) electrons.